The smallest absolute Gasteiger partial charge is 0.273 e. The summed E-state index contributed by atoms with van der Waals surface area (Å²) in [5, 5.41) is 0. The van der Waals surface area contributed by atoms with E-state index < -0.39 is 29.1 Å². The van der Waals surface area contributed by atoms with Crippen LogP contribution in [0, 0.1) is 0 Å². The summed E-state index contributed by atoms with van der Waals surface area (Å²) < 4.78 is 61.4. The van der Waals surface area contributed by atoms with E-state index >= 15 is 0 Å². The van der Waals surface area contributed by atoms with E-state index in [0.717, 1.165) is 0 Å². The molecule has 0 spiro atoms. The fourth-order valence-corrected chi connectivity index (χ4v) is 1.35. The molecule has 0 saturated heterocycles. The lowest BCUT2D eigenvalue weighted by molar-refractivity contribution is 0.389. The first-order valence-electron chi connectivity index (χ1n) is 5.29. The fourth-order valence-electron chi connectivity index (χ4n) is 0.886. The molecule has 0 aromatic rings. The van der Waals surface area contributed by atoms with E-state index in [9.17, 15) is 8.42 Å². The van der Waals surface area contributed by atoms with E-state index in [1.165, 1.54) is 0 Å². The number of hydrogen-bond donors (Lipinski definition) is 2. The van der Waals surface area contributed by atoms with Gasteiger partial charge in [-0.3, -0.25) is 4.55 Å². The Kier molecular flexibility index (Phi) is 1.53. The van der Waals surface area contributed by atoms with Gasteiger partial charge in [-0.15, -0.1) is 0 Å². The molecule has 2 N–H and O–H groups in total. The molecule has 0 atom stereocenters. The maximum Gasteiger partial charge on any atom is 0.333 e. The van der Waals surface area contributed by atoms with Gasteiger partial charge in [-0.05, 0) is 12.7 Å². The number of nitrogens with one attached hydrogen (secondary N) is 1. The van der Waals surface area contributed by atoms with Gasteiger partial charge in [0.25, 0.3) is 0 Å². The first-order chi connectivity index (χ1) is 6.55. The summed E-state index contributed by atoms with van der Waals surface area (Å²) in [5.41, 5.74) is 0. The van der Waals surface area contributed by atoms with Crippen LogP contribution in [0.15, 0.2) is 0 Å². The third kappa shape index (κ3) is 3.69. The van der Waals surface area contributed by atoms with Crippen molar-refractivity contribution in [2.24, 2.45) is 0 Å². The zero-order valence-corrected chi connectivity index (χ0v) is 6.69. The predicted molar refractivity (Wildman–Crippen MR) is 41.6 cm³/mol. The number of hydrogen-bond acceptors (Lipinski definition) is 2. The molecule has 0 aromatic heterocycles. The highest BCUT2D eigenvalue weighted by atomic mass is 32.2. The van der Waals surface area contributed by atoms with Crippen molar-refractivity contribution in [3.05, 3.63) is 0 Å². The molecule has 0 bridgehead atoms. The van der Waals surface area contributed by atoms with Crippen molar-refractivity contribution in [1.82, 2.24) is 4.72 Å². The Bertz CT molecular complexity index is 326. The van der Waals surface area contributed by atoms with Crippen LogP contribution in [0.4, 0.5) is 0 Å². The summed E-state index contributed by atoms with van der Waals surface area (Å²) in [5.74, 6) is 0. The summed E-state index contributed by atoms with van der Waals surface area (Å²) in [6.07, 6.45) is -3.49. The zero-order chi connectivity index (χ0) is 11.9. The molecule has 4 nitrogen and oxygen atoms in total. The van der Waals surface area contributed by atoms with Crippen LogP contribution in [0.3, 0.4) is 0 Å². The average Bonchev–Trinajstić information content (AvgIpc) is 1.95. The van der Waals surface area contributed by atoms with Crippen LogP contribution in [-0.2, 0) is 10.3 Å². The predicted octanol–water partition coefficient (Wildman–Crippen LogP) is 0.712. The highest BCUT2D eigenvalue weighted by Crippen LogP contribution is 2.17. The molecule has 1 rings (SSSR count). The summed E-state index contributed by atoms with van der Waals surface area (Å²) >= 11 is 0. The van der Waals surface area contributed by atoms with Gasteiger partial charge in [0.15, 0.2) is 0 Å². The van der Waals surface area contributed by atoms with Crippen LogP contribution in [0.2, 0.25) is 0 Å². The molecule has 1 fully saturated rings. The average molecular weight is 183 g/mol. The lowest BCUT2D eigenvalue weighted by atomic mass is 9.96. The largest absolute Gasteiger partial charge is 0.333 e. The van der Waals surface area contributed by atoms with Gasteiger partial charge in [-0.2, -0.15) is 13.1 Å². The fraction of sp³-hybridized carbons (Fsp3) is 1.00. The van der Waals surface area contributed by atoms with Crippen LogP contribution >= 0.6 is 0 Å². The quantitative estimate of drug-likeness (QED) is 0.620. The van der Waals surface area contributed by atoms with Gasteiger partial charge in [0.1, 0.15) is 0 Å². The van der Waals surface area contributed by atoms with Gasteiger partial charge in [0.05, 0.1) is 0 Å². The highest BCUT2D eigenvalue weighted by Gasteiger charge is 2.17. The second-order valence-electron chi connectivity index (χ2n) is 2.29. The second kappa shape index (κ2) is 3.51. The van der Waals surface area contributed by atoms with Gasteiger partial charge < -0.3 is 0 Å². The minimum atomic E-state index is -4.60. The van der Waals surface area contributed by atoms with Crippen LogP contribution in [-0.4, -0.2) is 19.0 Å². The Balaban J connectivity index is 2.97. The van der Waals surface area contributed by atoms with E-state index in [4.69, 9.17) is 10.0 Å². The normalized spacial score (nSPS) is 36.5. The van der Waals surface area contributed by atoms with Crippen LogP contribution in [0.5, 0.6) is 0 Å². The Labute approximate surface area is 72.5 Å². The third-order valence-electron chi connectivity index (χ3n) is 1.32. The lowest BCUT2D eigenvalue weighted by Gasteiger charge is -2.20. The maximum absolute atomic E-state index is 10.6. The first-order valence-corrected chi connectivity index (χ1v) is 4.73. The molecule has 1 aliphatic rings. The Morgan fingerprint density at radius 1 is 1.36 bits per heavy atom. The van der Waals surface area contributed by atoms with Crippen LogP contribution < -0.4 is 4.72 Å². The van der Waals surface area contributed by atoms with Gasteiger partial charge in [0, 0.05) is 11.5 Å². The third-order valence-corrected chi connectivity index (χ3v) is 1.85. The van der Waals surface area contributed by atoms with Gasteiger partial charge in [0.2, 0.25) is 0 Å². The van der Waals surface area contributed by atoms with Crippen molar-refractivity contribution in [1.29, 1.82) is 0 Å². The molecule has 11 heavy (non-hydrogen) atoms. The standard InChI is InChI=1S/C6H13NO3S/c8-11(9,10)7-6-4-2-1-3-5-6/h6-7H,1-5H2,(H,8,9,10)/i4D2,5D2. The van der Waals surface area contributed by atoms with Crippen molar-refractivity contribution in [3.63, 3.8) is 0 Å². The molecular weight excluding hydrogens is 166 g/mol. The maximum atomic E-state index is 10.6. The summed E-state index contributed by atoms with van der Waals surface area (Å²) in [6, 6.07) is -1.55. The molecule has 1 aliphatic carbocycles. The molecule has 1 saturated carbocycles. The molecule has 5 heteroatoms. The molecular formula is C6H13NO3S. The Morgan fingerprint density at radius 2 is 1.91 bits per heavy atom. The number of rotatable bonds is 2. The van der Waals surface area contributed by atoms with E-state index in [1.807, 2.05) is 0 Å². The van der Waals surface area contributed by atoms with E-state index in [-0.39, 0.29) is 12.8 Å². The van der Waals surface area contributed by atoms with E-state index in [2.05, 4.69) is 0 Å². The topological polar surface area (TPSA) is 66.4 Å². The van der Waals surface area contributed by atoms with Crippen molar-refractivity contribution in [2.75, 3.05) is 0 Å². The Morgan fingerprint density at radius 3 is 2.36 bits per heavy atom. The minimum Gasteiger partial charge on any atom is -0.273 e. The van der Waals surface area contributed by atoms with Crippen molar-refractivity contribution >= 4 is 10.3 Å². The molecule has 66 valence electrons. The van der Waals surface area contributed by atoms with Crippen LogP contribution in [0.1, 0.15) is 37.5 Å². The summed E-state index contributed by atoms with van der Waals surface area (Å²) in [7, 11) is -4.60. The highest BCUT2D eigenvalue weighted by molar-refractivity contribution is 7.83. The minimum absolute atomic E-state index is 0.0691. The SMILES string of the molecule is [2H]C1([2H])CCCC([2H])([2H])C1NS(=O)(=O)O. The van der Waals surface area contributed by atoms with Gasteiger partial charge in [-0.1, -0.05) is 19.3 Å². The van der Waals surface area contributed by atoms with E-state index in [0.29, 0.717) is 6.42 Å². The van der Waals surface area contributed by atoms with Crippen molar-refractivity contribution < 1.29 is 18.5 Å². The monoisotopic (exact) mass is 183 g/mol. The molecule has 0 aromatic carbocycles. The zero-order valence-electron chi connectivity index (χ0n) is 9.87. The molecule has 0 unspecified atom stereocenters. The van der Waals surface area contributed by atoms with Crippen molar-refractivity contribution in [2.45, 2.75) is 38.1 Å². The molecule has 0 radical (unpaired) electrons. The molecule has 0 aliphatic heterocycles. The van der Waals surface area contributed by atoms with E-state index in [1.54, 1.807) is 4.72 Å². The second-order valence-corrected chi connectivity index (χ2v) is 3.47. The molecule has 0 amide bonds. The van der Waals surface area contributed by atoms with Gasteiger partial charge in [-0.25, -0.2) is 0 Å². The molecule has 0 heterocycles. The first kappa shape index (κ1) is 4.79. The Hall–Kier alpha value is -0.130. The summed E-state index contributed by atoms with van der Waals surface area (Å²) in [4.78, 5) is 0. The summed E-state index contributed by atoms with van der Waals surface area (Å²) in [6.45, 7) is 0. The van der Waals surface area contributed by atoms with Gasteiger partial charge >= 0.3 is 10.3 Å². The van der Waals surface area contributed by atoms with Crippen LogP contribution in [0.25, 0.3) is 0 Å². The van der Waals surface area contributed by atoms with Crippen molar-refractivity contribution in [3.8, 4) is 0 Å². The lowest BCUT2D eigenvalue weighted by Crippen LogP contribution is -2.35.